The highest BCUT2D eigenvalue weighted by molar-refractivity contribution is 5.95. The van der Waals surface area contributed by atoms with E-state index in [9.17, 15) is 4.79 Å². The van der Waals surface area contributed by atoms with Crippen molar-refractivity contribution in [1.29, 1.82) is 0 Å². The maximum atomic E-state index is 12.5. The standard InChI is InChI=1S/C15H13N5O2/c1-4-8-19(9-5-2)15(21)12-6-7-14(22-3)13(10-12)20-11-16-17-18-20/h1-2,6-7,10-11H,8-9H2,3H3. The van der Waals surface area contributed by atoms with Crippen LogP contribution in [-0.4, -0.2) is 51.2 Å². The van der Waals surface area contributed by atoms with Gasteiger partial charge in [-0.2, -0.15) is 4.68 Å². The second-order valence-electron chi connectivity index (χ2n) is 4.21. The third-order valence-electron chi connectivity index (χ3n) is 2.87. The Hall–Kier alpha value is -3.32. The van der Waals surface area contributed by atoms with E-state index in [1.165, 1.54) is 23.0 Å². The molecule has 0 bridgehead atoms. The molecule has 1 amide bonds. The molecule has 1 heterocycles. The molecule has 2 rings (SSSR count). The van der Waals surface area contributed by atoms with Crippen LogP contribution < -0.4 is 4.74 Å². The van der Waals surface area contributed by atoms with Gasteiger partial charge in [0, 0.05) is 5.56 Å². The number of methoxy groups -OCH3 is 1. The molecule has 0 radical (unpaired) electrons. The van der Waals surface area contributed by atoms with Gasteiger partial charge < -0.3 is 9.64 Å². The first kappa shape index (κ1) is 15.1. The fraction of sp³-hybridized carbons (Fsp3) is 0.200. The van der Waals surface area contributed by atoms with Crippen LogP contribution in [0.2, 0.25) is 0 Å². The van der Waals surface area contributed by atoms with Gasteiger partial charge >= 0.3 is 0 Å². The molecular weight excluding hydrogens is 282 g/mol. The van der Waals surface area contributed by atoms with Crippen LogP contribution in [0, 0.1) is 24.7 Å². The lowest BCUT2D eigenvalue weighted by Gasteiger charge is -2.18. The number of hydrogen-bond acceptors (Lipinski definition) is 5. The van der Waals surface area contributed by atoms with Crippen LogP contribution >= 0.6 is 0 Å². The molecule has 0 unspecified atom stereocenters. The fourth-order valence-electron chi connectivity index (χ4n) is 1.88. The zero-order chi connectivity index (χ0) is 15.9. The van der Waals surface area contributed by atoms with E-state index in [0.29, 0.717) is 17.0 Å². The number of rotatable bonds is 5. The van der Waals surface area contributed by atoms with Crippen molar-refractivity contribution in [3.8, 4) is 36.1 Å². The van der Waals surface area contributed by atoms with Gasteiger partial charge in [0.1, 0.15) is 17.8 Å². The van der Waals surface area contributed by atoms with E-state index in [1.807, 2.05) is 0 Å². The molecular formula is C15H13N5O2. The van der Waals surface area contributed by atoms with E-state index in [1.54, 1.807) is 18.2 Å². The van der Waals surface area contributed by atoms with Crippen LogP contribution in [0.25, 0.3) is 5.69 Å². The number of ether oxygens (including phenoxy) is 1. The highest BCUT2D eigenvalue weighted by Gasteiger charge is 2.17. The van der Waals surface area contributed by atoms with Crippen LogP contribution in [0.1, 0.15) is 10.4 Å². The van der Waals surface area contributed by atoms with Gasteiger partial charge in [-0.05, 0) is 28.6 Å². The predicted molar refractivity (Wildman–Crippen MR) is 79.3 cm³/mol. The molecule has 110 valence electrons. The summed E-state index contributed by atoms with van der Waals surface area (Å²) in [5.74, 6) is 5.09. The topological polar surface area (TPSA) is 73.1 Å². The molecule has 0 fully saturated rings. The van der Waals surface area contributed by atoms with Crippen molar-refractivity contribution in [2.45, 2.75) is 0 Å². The average molecular weight is 295 g/mol. The summed E-state index contributed by atoms with van der Waals surface area (Å²) in [5, 5.41) is 10.9. The minimum absolute atomic E-state index is 0.134. The Morgan fingerprint density at radius 3 is 2.64 bits per heavy atom. The zero-order valence-corrected chi connectivity index (χ0v) is 11.9. The van der Waals surface area contributed by atoms with E-state index in [2.05, 4.69) is 27.4 Å². The minimum atomic E-state index is -0.270. The van der Waals surface area contributed by atoms with E-state index in [0.717, 1.165) is 0 Å². The van der Waals surface area contributed by atoms with Gasteiger partial charge in [-0.3, -0.25) is 4.79 Å². The molecule has 0 atom stereocenters. The van der Waals surface area contributed by atoms with E-state index in [4.69, 9.17) is 17.6 Å². The molecule has 0 spiro atoms. The van der Waals surface area contributed by atoms with Gasteiger partial charge in [0.25, 0.3) is 5.91 Å². The number of amides is 1. The summed E-state index contributed by atoms with van der Waals surface area (Å²) in [6, 6.07) is 4.92. The summed E-state index contributed by atoms with van der Waals surface area (Å²) in [6.07, 6.45) is 11.9. The molecule has 0 aliphatic carbocycles. The summed E-state index contributed by atoms with van der Waals surface area (Å²) in [5.41, 5.74) is 0.955. The Balaban J connectivity index is 2.40. The van der Waals surface area contributed by atoms with Gasteiger partial charge in [-0.15, -0.1) is 17.9 Å². The van der Waals surface area contributed by atoms with Crippen molar-refractivity contribution in [2.75, 3.05) is 20.2 Å². The van der Waals surface area contributed by atoms with Crippen LogP contribution in [0.5, 0.6) is 5.75 Å². The first-order valence-corrected chi connectivity index (χ1v) is 6.29. The van der Waals surface area contributed by atoms with Gasteiger partial charge in [0.15, 0.2) is 0 Å². The van der Waals surface area contributed by atoms with Crippen molar-refractivity contribution in [3.63, 3.8) is 0 Å². The smallest absolute Gasteiger partial charge is 0.255 e. The highest BCUT2D eigenvalue weighted by Crippen LogP contribution is 2.23. The molecule has 1 aromatic heterocycles. The predicted octanol–water partition coefficient (Wildman–Crippen LogP) is 0.379. The van der Waals surface area contributed by atoms with E-state index < -0.39 is 0 Å². The molecule has 0 aliphatic heterocycles. The number of hydrogen-bond donors (Lipinski definition) is 0. The monoisotopic (exact) mass is 295 g/mol. The van der Waals surface area contributed by atoms with Gasteiger partial charge in [0.05, 0.1) is 20.2 Å². The molecule has 22 heavy (non-hydrogen) atoms. The molecule has 0 saturated carbocycles. The number of terminal acetylenes is 2. The Kier molecular flexibility index (Phi) is 4.74. The van der Waals surface area contributed by atoms with Crippen molar-refractivity contribution >= 4 is 5.91 Å². The van der Waals surface area contributed by atoms with Crippen LogP contribution in [0.3, 0.4) is 0 Å². The highest BCUT2D eigenvalue weighted by atomic mass is 16.5. The molecule has 1 aromatic carbocycles. The average Bonchev–Trinajstić information content (AvgIpc) is 3.07. The number of aromatic nitrogens is 4. The van der Waals surface area contributed by atoms with Crippen molar-refractivity contribution in [1.82, 2.24) is 25.1 Å². The van der Waals surface area contributed by atoms with Gasteiger partial charge in [-0.25, -0.2) is 0 Å². The van der Waals surface area contributed by atoms with Gasteiger partial charge in [-0.1, -0.05) is 11.8 Å². The third-order valence-corrected chi connectivity index (χ3v) is 2.87. The first-order chi connectivity index (χ1) is 10.7. The minimum Gasteiger partial charge on any atom is -0.494 e. The first-order valence-electron chi connectivity index (χ1n) is 6.29. The van der Waals surface area contributed by atoms with Gasteiger partial charge in [0.2, 0.25) is 0 Å². The Labute approximate surface area is 127 Å². The quantitative estimate of drug-likeness (QED) is 0.746. The number of carbonyl (C=O) groups is 1. The van der Waals surface area contributed by atoms with Crippen molar-refractivity contribution < 1.29 is 9.53 Å². The SMILES string of the molecule is C#CCN(CC#C)C(=O)c1ccc(OC)c(-n2cnnn2)c1. The fourth-order valence-corrected chi connectivity index (χ4v) is 1.88. The third kappa shape index (κ3) is 3.05. The summed E-state index contributed by atoms with van der Waals surface area (Å²) in [6.45, 7) is 0.268. The Morgan fingerprint density at radius 1 is 1.36 bits per heavy atom. The van der Waals surface area contributed by atoms with Crippen LogP contribution in [-0.2, 0) is 0 Å². The zero-order valence-electron chi connectivity index (χ0n) is 11.9. The maximum Gasteiger partial charge on any atom is 0.255 e. The van der Waals surface area contributed by atoms with Crippen molar-refractivity contribution in [2.24, 2.45) is 0 Å². The lowest BCUT2D eigenvalue weighted by molar-refractivity contribution is 0.0796. The largest absolute Gasteiger partial charge is 0.494 e. The lowest BCUT2D eigenvalue weighted by Crippen LogP contribution is -2.31. The van der Waals surface area contributed by atoms with E-state index >= 15 is 0 Å². The summed E-state index contributed by atoms with van der Waals surface area (Å²) in [7, 11) is 1.52. The molecule has 7 nitrogen and oxygen atoms in total. The second kappa shape index (κ2) is 6.91. The molecule has 7 heteroatoms. The maximum absolute atomic E-state index is 12.5. The molecule has 0 N–H and O–H groups in total. The van der Waals surface area contributed by atoms with Crippen LogP contribution in [0.4, 0.5) is 0 Å². The molecule has 2 aromatic rings. The normalized spacial score (nSPS) is 9.59. The Morgan fingerprint density at radius 2 is 2.09 bits per heavy atom. The number of carbonyl (C=O) groups excluding carboxylic acids is 1. The Bertz CT molecular complexity index is 724. The molecule has 0 saturated heterocycles. The molecule has 0 aliphatic rings. The summed E-state index contributed by atoms with van der Waals surface area (Å²) >= 11 is 0. The number of tetrazole rings is 1. The number of benzene rings is 1. The van der Waals surface area contributed by atoms with E-state index in [-0.39, 0.29) is 19.0 Å². The summed E-state index contributed by atoms with van der Waals surface area (Å²) in [4.78, 5) is 13.9. The van der Waals surface area contributed by atoms with Crippen LogP contribution in [0.15, 0.2) is 24.5 Å². The number of nitrogens with zero attached hydrogens (tertiary/aromatic N) is 5. The second-order valence-corrected chi connectivity index (χ2v) is 4.21. The summed E-state index contributed by atoms with van der Waals surface area (Å²) < 4.78 is 6.66. The lowest BCUT2D eigenvalue weighted by atomic mass is 10.1. The van der Waals surface area contributed by atoms with Crippen molar-refractivity contribution in [3.05, 3.63) is 30.1 Å².